The second-order valence-corrected chi connectivity index (χ2v) is 6.26. The summed E-state index contributed by atoms with van der Waals surface area (Å²) in [4.78, 5) is 18.6. The van der Waals surface area contributed by atoms with Crippen LogP contribution < -0.4 is 0 Å². The van der Waals surface area contributed by atoms with Crippen LogP contribution in [0.4, 0.5) is 0 Å². The predicted octanol–water partition coefficient (Wildman–Crippen LogP) is 1.35. The van der Waals surface area contributed by atoms with Crippen molar-refractivity contribution in [3.05, 3.63) is 11.7 Å². The molecule has 1 amide bonds. The van der Waals surface area contributed by atoms with E-state index in [-0.39, 0.29) is 12.0 Å². The Morgan fingerprint density at radius 3 is 2.65 bits per heavy atom. The maximum Gasteiger partial charge on any atom is 0.225 e. The molecule has 2 fully saturated rings. The molecule has 2 aliphatic heterocycles. The quantitative estimate of drug-likeness (QED) is 0.814. The van der Waals surface area contributed by atoms with E-state index in [9.17, 15) is 4.79 Å². The van der Waals surface area contributed by atoms with Crippen LogP contribution in [0.2, 0.25) is 0 Å². The summed E-state index contributed by atoms with van der Waals surface area (Å²) in [7, 11) is 0. The van der Waals surface area contributed by atoms with E-state index < -0.39 is 0 Å². The van der Waals surface area contributed by atoms with Crippen molar-refractivity contribution < 1.29 is 18.8 Å². The zero-order valence-corrected chi connectivity index (χ0v) is 13.7. The molecule has 3 rings (SSSR count). The van der Waals surface area contributed by atoms with Crippen molar-refractivity contribution in [3.8, 4) is 0 Å². The topological polar surface area (TPSA) is 77.7 Å². The van der Waals surface area contributed by atoms with Crippen molar-refractivity contribution in [1.82, 2.24) is 15.0 Å². The molecule has 1 aromatic heterocycles. The van der Waals surface area contributed by atoms with Gasteiger partial charge in [0, 0.05) is 45.6 Å². The largest absolute Gasteiger partial charge is 0.381 e. The van der Waals surface area contributed by atoms with E-state index in [1.54, 1.807) is 6.92 Å². The van der Waals surface area contributed by atoms with Crippen molar-refractivity contribution in [1.29, 1.82) is 0 Å². The standard InChI is InChI=1S/C16H25N3O4/c1-12-17-15(18-23-12)6-11-22-14-2-7-19(8-3-14)16(20)13-4-9-21-10-5-13/h13-14H,2-11H2,1H3. The molecule has 128 valence electrons. The summed E-state index contributed by atoms with van der Waals surface area (Å²) in [6.45, 7) is 5.39. The van der Waals surface area contributed by atoms with E-state index in [0.29, 0.717) is 43.9 Å². The lowest BCUT2D eigenvalue weighted by atomic mass is 9.97. The van der Waals surface area contributed by atoms with E-state index in [0.717, 1.165) is 38.8 Å². The zero-order valence-electron chi connectivity index (χ0n) is 13.7. The highest BCUT2D eigenvalue weighted by molar-refractivity contribution is 5.79. The van der Waals surface area contributed by atoms with Gasteiger partial charge in [-0.15, -0.1) is 0 Å². The maximum absolute atomic E-state index is 12.5. The molecule has 0 radical (unpaired) electrons. The van der Waals surface area contributed by atoms with Crippen LogP contribution in [-0.4, -0.2) is 60.0 Å². The molecule has 0 aromatic carbocycles. The fourth-order valence-corrected chi connectivity index (χ4v) is 3.21. The summed E-state index contributed by atoms with van der Waals surface area (Å²) in [5.41, 5.74) is 0. The monoisotopic (exact) mass is 323 g/mol. The van der Waals surface area contributed by atoms with Gasteiger partial charge >= 0.3 is 0 Å². The summed E-state index contributed by atoms with van der Waals surface area (Å²) in [6, 6.07) is 0. The van der Waals surface area contributed by atoms with Gasteiger partial charge in [0.25, 0.3) is 0 Å². The van der Waals surface area contributed by atoms with Crippen molar-refractivity contribution >= 4 is 5.91 Å². The van der Waals surface area contributed by atoms with Crippen LogP contribution in [0, 0.1) is 12.8 Å². The fraction of sp³-hybridized carbons (Fsp3) is 0.812. The number of piperidine rings is 1. The predicted molar refractivity (Wildman–Crippen MR) is 81.8 cm³/mol. The molecule has 0 atom stereocenters. The van der Waals surface area contributed by atoms with Gasteiger partial charge in [0.1, 0.15) is 0 Å². The SMILES string of the molecule is Cc1nc(CCOC2CCN(C(=O)C3CCOCC3)CC2)no1. The molecule has 0 saturated carbocycles. The number of hydrogen-bond donors (Lipinski definition) is 0. The molecule has 23 heavy (non-hydrogen) atoms. The lowest BCUT2D eigenvalue weighted by molar-refractivity contribution is -0.141. The molecule has 7 heteroatoms. The number of rotatable bonds is 5. The molecular weight excluding hydrogens is 298 g/mol. The maximum atomic E-state index is 12.5. The van der Waals surface area contributed by atoms with Crippen LogP contribution in [-0.2, 0) is 20.7 Å². The average molecular weight is 323 g/mol. The highest BCUT2D eigenvalue weighted by Gasteiger charge is 2.29. The van der Waals surface area contributed by atoms with Crippen LogP contribution in [0.3, 0.4) is 0 Å². The van der Waals surface area contributed by atoms with E-state index >= 15 is 0 Å². The van der Waals surface area contributed by atoms with Gasteiger partial charge < -0.3 is 18.9 Å². The third-order valence-electron chi connectivity index (χ3n) is 4.57. The normalized spacial score (nSPS) is 20.8. The Labute approximate surface area is 136 Å². The Bertz CT molecular complexity index is 505. The number of carbonyl (C=O) groups excluding carboxylic acids is 1. The molecule has 0 spiro atoms. The molecule has 7 nitrogen and oxygen atoms in total. The smallest absolute Gasteiger partial charge is 0.225 e. The van der Waals surface area contributed by atoms with Crippen LogP contribution in [0.25, 0.3) is 0 Å². The number of ether oxygens (including phenoxy) is 2. The number of amides is 1. The minimum Gasteiger partial charge on any atom is -0.381 e. The second-order valence-electron chi connectivity index (χ2n) is 6.26. The number of likely N-dealkylation sites (tertiary alicyclic amines) is 1. The number of aromatic nitrogens is 2. The van der Waals surface area contributed by atoms with E-state index in [2.05, 4.69) is 10.1 Å². The molecule has 0 bridgehead atoms. The third kappa shape index (κ3) is 4.51. The Hall–Kier alpha value is -1.47. The van der Waals surface area contributed by atoms with Crippen molar-refractivity contribution in [3.63, 3.8) is 0 Å². The summed E-state index contributed by atoms with van der Waals surface area (Å²) < 4.78 is 16.2. The summed E-state index contributed by atoms with van der Waals surface area (Å²) >= 11 is 0. The Balaban J connectivity index is 1.35. The zero-order chi connectivity index (χ0) is 16.1. The van der Waals surface area contributed by atoms with E-state index in [1.165, 1.54) is 0 Å². The minimum absolute atomic E-state index is 0.155. The van der Waals surface area contributed by atoms with Gasteiger partial charge in [0.2, 0.25) is 11.8 Å². The lowest BCUT2D eigenvalue weighted by Gasteiger charge is -2.35. The molecule has 0 unspecified atom stereocenters. The molecular formula is C16H25N3O4. The Morgan fingerprint density at radius 2 is 2.00 bits per heavy atom. The number of carbonyl (C=O) groups is 1. The molecule has 2 saturated heterocycles. The number of aryl methyl sites for hydroxylation is 1. The lowest BCUT2D eigenvalue weighted by Crippen LogP contribution is -2.44. The minimum atomic E-state index is 0.155. The van der Waals surface area contributed by atoms with Crippen LogP contribution in [0.1, 0.15) is 37.4 Å². The highest BCUT2D eigenvalue weighted by Crippen LogP contribution is 2.21. The van der Waals surface area contributed by atoms with Crippen molar-refractivity contribution in [2.75, 3.05) is 32.9 Å². The van der Waals surface area contributed by atoms with Gasteiger partial charge in [-0.1, -0.05) is 5.16 Å². The van der Waals surface area contributed by atoms with Crippen LogP contribution in [0.15, 0.2) is 4.52 Å². The Kier molecular flexibility index (Phi) is 5.61. The first-order valence-electron chi connectivity index (χ1n) is 8.49. The molecule has 0 aliphatic carbocycles. The molecule has 0 N–H and O–H groups in total. The first kappa shape index (κ1) is 16.4. The van der Waals surface area contributed by atoms with Gasteiger partial charge in [-0.25, -0.2) is 0 Å². The van der Waals surface area contributed by atoms with Crippen LogP contribution >= 0.6 is 0 Å². The van der Waals surface area contributed by atoms with Crippen LogP contribution in [0.5, 0.6) is 0 Å². The summed E-state index contributed by atoms with van der Waals surface area (Å²) in [5.74, 6) is 1.73. The summed E-state index contributed by atoms with van der Waals surface area (Å²) in [6.07, 6.45) is 4.42. The van der Waals surface area contributed by atoms with Gasteiger partial charge in [-0.3, -0.25) is 4.79 Å². The number of nitrogens with zero attached hydrogens (tertiary/aromatic N) is 3. The van der Waals surface area contributed by atoms with Crippen molar-refractivity contribution in [2.45, 2.75) is 45.1 Å². The van der Waals surface area contributed by atoms with Crippen molar-refractivity contribution in [2.24, 2.45) is 5.92 Å². The van der Waals surface area contributed by atoms with Gasteiger partial charge in [-0.2, -0.15) is 4.98 Å². The third-order valence-corrected chi connectivity index (χ3v) is 4.57. The second kappa shape index (κ2) is 7.88. The fourth-order valence-electron chi connectivity index (χ4n) is 3.21. The molecule has 2 aliphatic rings. The van der Waals surface area contributed by atoms with Gasteiger partial charge in [-0.05, 0) is 25.7 Å². The first-order chi connectivity index (χ1) is 11.2. The number of hydrogen-bond acceptors (Lipinski definition) is 6. The van der Waals surface area contributed by atoms with Gasteiger partial charge in [0.15, 0.2) is 5.82 Å². The Morgan fingerprint density at radius 1 is 1.26 bits per heavy atom. The van der Waals surface area contributed by atoms with Gasteiger partial charge in [0.05, 0.1) is 12.7 Å². The average Bonchev–Trinajstić information content (AvgIpc) is 3.01. The van der Waals surface area contributed by atoms with E-state index in [1.807, 2.05) is 4.90 Å². The molecule has 3 heterocycles. The highest BCUT2D eigenvalue weighted by atomic mass is 16.5. The summed E-state index contributed by atoms with van der Waals surface area (Å²) in [5, 5.41) is 3.86. The van der Waals surface area contributed by atoms with E-state index in [4.69, 9.17) is 14.0 Å². The first-order valence-corrected chi connectivity index (χ1v) is 8.49. The molecule has 1 aromatic rings.